The number of benzene rings is 2. The maximum Gasteiger partial charge on any atom is 0.254 e. The molecule has 27 heavy (non-hydrogen) atoms. The van der Waals surface area contributed by atoms with E-state index in [-0.39, 0.29) is 22.2 Å². The molecule has 2 aromatic rings. The van der Waals surface area contributed by atoms with Gasteiger partial charge in [-0.15, -0.1) is 0 Å². The molecular weight excluding hydrogens is 404 g/mol. The Labute approximate surface area is 163 Å². The van der Waals surface area contributed by atoms with Gasteiger partial charge in [0.1, 0.15) is 6.54 Å². The highest BCUT2D eigenvalue weighted by molar-refractivity contribution is 6.35. The Morgan fingerprint density at radius 3 is 2.26 bits per heavy atom. The lowest BCUT2D eigenvalue weighted by atomic mass is 10.2. The monoisotopic (exact) mass is 418 g/mol. The van der Waals surface area contributed by atoms with Crippen LogP contribution in [-0.2, 0) is 4.79 Å². The summed E-state index contributed by atoms with van der Waals surface area (Å²) in [6, 6.07) is 5.87. The molecule has 144 valence electrons. The molecule has 0 unspecified atom stereocenters. The minimum Gasteiger partial charge on any atom is -0.329 e. The van der Waals surface area contributed by atoms with E-state index in [9.17, 15) is 22.8 Å². The van der Waals surface area contributed by atoms with Crippen LogP contribution in [0.4, 0.5) is 18.9 Å². The zero-order chi connectivity index (χ0) is 20.1. The number of carbonyl (C=O) groups is 2. The summed E-state index contributed by atoms with van der Waals surface area (Å²) in [5, 5.41) is 2.65. The van der Waals surface area contributed by atoms with E-state index in [1.165, 1.54) is 23.1 Å². The average Bonchev–Trinajstić information content (AvgIpc) is 2.60. The first-order valence-electron chi connectivity index (χ1n) is 7.91. The standard InChI is InChI=1S/C18H15Cl2F3N2O2/c1-2-5-25(18(27)10-6-11(19)8-12(20)7-10)9-15(26)24-14-4-3-13(21)16(22)17(14)23/h3-4,6-8H,2,5,9H2,1H3,(H,24,26). The second-order valence-electron chi connectivity index (χ2n) is 5.66. The lowest BCUT2D eigenvalue weighted by Crippen LogP contribution is -2.38. The molecule has 2 amide bonds. The van der Waals surface area contributed by atoms with Crippen LogP contribution in [0.15, 0.2) is 30.3 Å². The maximum absolute atomic E-state index is 13.7. The second kappa shape index (κ2) is 9.10. The molecule has 2 rings (SSSR count). The fourth-order valence-corrected chi connectivity index (χ4v) is 2.89. The molecule has 0 aliphatic heterocycles. The number of nitrogens with zero attached hydrogens (tertiary/aromatic N) is 1. The molecular formula is C18H15Cl2F3N2O2. The maximum atomic E-state index is 13.7. The molecule has 0 aromatic heterocycles. The summed E-state index contributed by atoms with van der Waals surface area (Å²) in [6.45, 7) is 1.62. The molecule has 0 radical (unpaired) electrons. The average molecular weight is 419 g/mol. The van der Waals surface area contributed by atoms with E-state index in [0.717, 1.165) is 6.07 Å². The van der Waals surface area contributed by atoms with Crippen molar-refractivity contribution in [3.8, 4) is 0 Å². The van der Waals surface area contributed by atoms with Crippen molar-refractivity contribution >= 4 is 40.7 Å². The predicted octanol–water partition coefficient (Wildman–Crippen LogP) is 4.90. The van der Waals surface area contributed by atoms with Crippen LogP contribution in [0.1, 0.15) is 23.7 Å². The summed E-state index contributed by atoms with van der Waals surface area (Å²) in [4.78, 5) is 26.0. The first kappa shape index (κ1) is 21.1. The van der Waals surface area contributed by atoms with Crippen LogP contribution in [0.25, 0.3) is 0 Å². The Balaban J connectivity index is 2.16. The first-order valence-corrected chi connectivity index (χ1v) is 8.67. The highest BCUT2D eigenvalue weighted by Gasteiger charge is 2.21. The number of hydrogen-bond acceptors (Lipinski definition) is 2. The van der Waals surface area contributed by atoms with Crippen molar-refractivity contribution in [1.29, 1.82) is 0 Å². The fourth-order valence-electron chi connectivity index (χ4n) is 2.37. The van der Waals surface area contributed by atoms with Crippen LogP contribution in [0.3, 0.4) is 0 Å². The molecule has 0 bridgehead atoms. The van der Waals surface area contributed by atoms with E-state index < -0.39 is 41.5 Å². The van der Waals surface area contributed by atoms with Gasteiger partial charge in [0.05, 0.1) is 5.69 Å². The molecule has 1 N–H and O–H groups in total. The van der Waals surface area contributed by atoms with Gasteiger partial charge in [0, 0.05) is 22.2 Å². The van der Waals surface area contributed by atoms with Gasteiger partial charge in [-0.2, -0.15) is 0 Å². The smallest absolute Gasteiger partial charge is 0.254 e. The summed E-state index contributed by atoms with van der Waals surface area (Å²) < 4.78 is 39.9. The third-order valence-electron chi connectivity index (χ3n) is 3.53. The molecule has 0 spiro atoms. The van der Waals surface area contributed by atoms with E-state index >= 15 is 0 Å². The lowest BCUT2D eigenvalue weighted by molar-refractivity contribution is -0.116. The van der Waals surface area contributed by atoms with Gasteiger partial charge in [-0.25, -0.2) is 13.2 Å². The molecule has 0 saturated carbocycles. The lowest BCUT2D eigenvalue weighted by Gasteiger charge is -2.22. The number of halogens is 5. The number of rotatable bonds is 6. The first-order chi connectivity index (χ1) is 12.7. The van der Waals surface area contributed by atoms with E-state index in [4.69, 9.17) is 23.2 Å². The molecule has 0 atom stereocenters. The minimum atomic E-state index is -1.69. The Hall–Kier alpha value is -2.25. The molecule has 0 heterocycles. The Kier molecular flexibility index (Phi) is 7.10. The van der Waals surface area contributed by atoms with Crippen molar-refractivity contribution in [2.45, 2.75) is 13.3 Å². The van der Waals surface area contributed by atoms with Crippen LogP contribution >= 0.6 is 23.2 Å². The zero-order valence-corrected chi connectivity index (χ0v) is 15.7. The van der Waals surface area contributed by atoms with E-state index in [1.807, 2.05) is 0 Å². The second-order valence-corrected chi connectivity index (χ2v) is 6.53. The van der Waals surface area contributed by atoms with Crippen molar-refractivity contribution < 1.29 is 22.8 Å². The SMILES string of the molecule is CCCN(CC(=O)Nc1ccc(F)c(F)c1F)C(=O)c1cc(Cl)cc(Cl)c1. The largest absolute Gasteiger partial charge is 0.329 e. The van der Waals surface area contributed by atoms with Gasteiger partial charge in [0.2, 0.25) is 5.91 Å². The Bertz CT molecular complexity index is 858. The molecule has 0 saturated heterocycles. The summed E-state index contributed by atoms with van der Waals surface area (Å²) in [5.74, 6) is -5.84. The molecule has 2 aromatic carbocycles. The van der Waals surface area contributed by atoms with Gasteiger partial charge in [-0.1, -0.05) is 30.1 Å². The quantitative estimate of drug-likeness (QED) is 0.678. The molecule has 9 heteroatoms. The van der Waals surface area contributed by atoms with Crippen molar-refractivity contribution in [2.24, 2.45) is 0 Å². The van der Waals surface area contributed by atoms with Gasteiger partial charge in [-0.3, -0.25) is 9.59 Å². The number of anilines is 1. The zero-order valence-electron chi connectivity index (χ0n) is 14.2. The van der Waals surface area contributed by atoms with E-state index in [1.54, 1.807) is 6.92 Å². The van der Waals surface area contributed by atoms with Gasteiger partial charge in [-0.05, 0) is 36.8 Å². The van der Waals surface area contributed by atoms with Gasteiger partial charge in [0.25, 0.3) is 5.91 Å². The van der Waals surface area contributed by atoms with E-state index in [0.29, 0.717) is 12.5 Å². The molecule has 0 fully saturated rings. The third-order valence-corrected chi connectivity index (χ3v) is 3.97. The normalized spacial score (nSPS) is 10.6. The summed E-state index contributed by atoms with van der Waals surface area (Å²) >= 11 is 11.8. The summed E-state index contributed by atoms with van der Waals surface area (Å²) in [7, 11) is 0. The molecule has 0 aliphatic rings. The van der Waals surface area contributed by atoms with Crippen molar-refractivity contribution in [3.63, 3.8) is 0 Å². The third kappa shape index (κ3) is 5.37. The fraction of sp³-hybridized carbons (Fsp3) is 0.222. The minimum absolute atomic E-state index is 0.188. The Morgan fingerprint density at radius 1 is 1.04 bits per heavy atom. The number of hydrogen-bond donors (Lipinski definition) is 1. The number of amides is 2. The predicted molar refractivity (Wildman–Crippen MR) is 97.6 cm³/mol. The van der Waals surface area contributed by atoms with Crippen LogP contribution in [0, 0.1) is 17.5 Å². The highest BCUT2D eigenvalue weighted by atomic mass is 35.5. The van der Waals surface area contributed by atoms with Crippen molar-refractivity contribution in [3.05, 3.63) is 63.4 Å². The van der Waals surface area contributed by atoms with Crippen LogP contribution in [0.2, 0.25) is 10.0 Å². The highest BCUT2D eigenvalue weighted by Crippen LogP contribution is 2.21. The molecule has 4 nitrogen and oxygen atoms in total. The Morgan fingerprint density at radius 2 is 1.67 bits per heavy atom. The van der Waals surface area contributed by atoms with Gasteiger partial charge < -0.3 is 10.2 Å². The van der Waals surface area contributed by atoms with Crippen LogP contribution in [0.5, 0.6) is 0 Å². The van der Waals surface area contributed by atoms with Gasteiger partial charge >= 0.3 is 0 Å². The van der Waals surface area contributed by atoms with Crippen LogP contribution < -0.4 is 5.32 Å². The summed E-state index contributed by atoms with van der Waals surface area (Å²) in [5.41, 5.74) is -0.332. The van der Waals surface area contributed by atoms with Gasteiger partial charge in [0.15, 0.2) is 17.5 Å². The van der Waals surface area contributed by atoms with E-state index in [2.05, 4.69) is 5.32 Å². The topological polar surface area (TPSA) is 49.4 Å². The molecule has 0 aliphatic carbocycles. The number of carbonyl (C=O) groups excluding carboxylic acids is 2. The van der Waals surface area contributed by atoms with Crippen LogP contribution in [-0.4, -0.2) is 29.8 Å². The van der Waals surface area contributed by atoms with Crippen molar-refractivity contribution in [1.82, 2.24) is 4.90 Å². The van der Waals surface area contributed by atoms with Crippen molar-refractivity contribution in [2.75, 3.05) is 18.4 Å². The summed E-state index contributed by atoms with van der Waals surface area (Å²) in [6.07, 6.45) is 0.548. The number of nitrogens with one attached hydrogen (secondary N) is 1.